The second-order valence-electron chi connectivity index (χ2n) is 5.54. The molecule has 108 valence electrons. The molecular weight excluding hydrogens is 278 g/mol. The first-order chi connectivity index (χ1) is 9.63. The minimum atomic E-state index is -0.386. The van der Waals surface area contributed by atoms with Crippen molar-refractivity contribution in [2.75, 3.05) is 0 Å². The number of halogens is 1. The minimum Gasteiger partial charge on any atom is -0.393 e. The lowest BCUT2D eigenvalue weighted by Crippen LogP contribution is -2.40. The van der Waals surface area contributed by atoms with Gasteiger partial charge in [-0.3, -0.25) is 4.79 Å². The Labute approximate surface area is 123 Å². The Morgan fingerprint density at radius 2 is 1.85 bits per heavy atom. The fourth-order valence-corrected chi connectivity index (χ4v) is 2.85. The number of rotatable bonds is 3. The van der Waals surface area contributed by atoms with Crippen LogP contribution in [0.25, 0.3) is 0 Å². The highest BCUT2D eigenvalue weighted by Gasteiger charge is 2.46. The van der Waals surface area contributed by atoms with Crippen LogP contribution in [0.4, 0.5) is 0 Å². The van der Waals surface area contributed by atoms with Crippen LogP contribution in [0.3, 0.4) is 0 Å². The maximum absolute atomic E-state index is 12.1. The van der Waals surface area contributed by atoms with Gasteiger partial charge in [0, 0.05) is 11.1 Å². The van der Waals surface area contributed by atoms with Crippen LogP contribution >= 0.6 is 11.6 Å². The maximum atomic E-state index is 12.1. The van der Waals surface area contributed by atoms with Gasteiger partial charge in [-0.15, -0.1) is 0 Å². The van der Waals surface area contributed by atoms with Crippen LogP contribution < -0.4 is 5.32 Å². The molecule has 1 saturated carbocycles. The molecule has 1 aromatic rings. The molecule has 1 aromatic carbocycles. The number of epoxide rings is 1. The second kappa shape index (κ2) is 5.72. The Hall–Kier alpha value is -1.10. The van der Waals surface area contributed by atoms with E-state index in [1.807, 2.05) is 12.1 Å². The fourth-order valence-electron chi connectivity index (χ4n) is 2.72. The van der Waals surface area contributed by atoms with E-state index in [9.17, 15) is 9.90 Å². The quantitative estimate of drug-likeness (QED) is 0.840. The van der Waals surface area contributed by atoms with Gasteiger partial charge in [0.15, 0.2) is 6.10 Å². The molecule has 1 aliphatic carbocycles. The lowest BCUT2D eigenvalue weighted by Gasteiger charge is -2.25. The predicted octanol–water partition coefficient (Wildman–Crippen LogP) is 2.20. The second-order valence-corrected chi connectivity index (χ2v) is 5.98. The first-order valence-electron chi connectivity index (χ1n) is 7.03. The van der Waals surface area contributed by atoms with Gasteiger partial charge in [-0.05, 0) is 43.4 Å². The van der Waals surface area contributed by atoms with E-state index in [0.717, 1.165) is 31.2 Å². The van der Waals surface area contributed by atoms with E-state index in [2.05, 4.69) is 5.32 Å². The van der Waals surface area contributed by atoms with Gasteiger partial charge in [0.25, 0.3) is 5.91 Å². The third-order valence-electron chi connectivity index (χ3n) is 3.99. The smallest absolute Gasteiger partial charge is 0.252 e. The largest absolute Gasteiger partial charge is 0.393 e. The lowest BCUT2D eigenvalue weighted by atomic mass is 9.93. The molecule has 1 saturated heterocycles. The average molecular weight is 296 g/mol. The molecule has 1 aliphatic heterocycles. The summed E-state index contributed by atoms with van der Waals surface area (Å²) in [5, 5.41) is 13.1. The first kappa shape index (κ1) is 13.9. The fraction of sp³-hybridized carbons (Fsp3) is 0.533. The molecule has 20 heavy (non-hydrogen) atoms. The van der Waals surface area contributed by atoms with Crippen LogP contribution in [0, 0.1) is 0 Å². The SMILES string of the molecule is O=C(NC1CCC(O)CC1)[C@@H]1O[C@@H]1c1ccc(Cl)cc1. The first-order valence-corrected chi connectivity index (χ1v) is 7.40. The summed E-state index contributed by atoms with van der Waals surface area (Å²) in [6, 6.07) is 7.54. The molecule has 0 bridgehead atoms. The van der Waals surface area contributed by atoms with Crippen molar-refractivity contribution < 1.29 is 14.6 Å². The summed E-state index contributed by atoms with van der Waals surface area (Å²) in [6.45, 7) is 0. The highest BCUT2D eigenvalue weighted by molar-refractivity contribution is 6.30. The molecule has 5 heteroatoms. The van der Waals surface area contributed by atoms with Gasteiger partial charge < -0.3 is 15.2 Å². The van der Waals surface area contributed by atoms with Crippen LogP contribution in [0.2, 0.25) is 5.02 Å². The Bertz CT molecular complexity index is 482. The number of benzene rings is 1. The number of nitrogens with one attached hydrogen (secondary N) is 1. The number of ether oxygens (including phenoxy) is 1. The molecule has 0 spiro atoms. The molecule has 2 aliphatic rings. The molecule has 1 amide bonds. The zero-order chi connectivity index (χ0) is 14.1. The van der Waals surface area contributed by atoms with Crippen molar-refractivity contribution in [1.82, 2.24) is 5.32 Å². The number of hydrogen-bond donors (Lipinski definition) is 2. The van der Waals surface area contributed by atoms with E-state index in [1.54, 1.807) is 12.1 Å². The Morgan fingerprint density at radius 1 is 1.20 bits per heavy atom. The minimum absolute atomic E-state index is 0.0497. The third kappa shape index (κ3) is 3.14. The summed E-state index contributed by atoms with van der Waals surface area (Å²) in [5.74, 6) is -0.0497. The molecule has 2 N–H and O–H groups in total. The Kier molecular flexibility index (Phi) is 3.96. The van der Waals surface area contributed by atoms with Gasteiger partial charge in [0.05, 0.1) is 6.10 Å². The van der Waals surface area contributed by atoms with Gasteiger partial charge in [-0.25, -0.2) is 0 Å². The van der Waals surface area contributed by atoms with Crippen LogP contribution in [-0.4, -0.2) is 29.3 Å². The summed E-state index contributed by atoms with van der Waals surface area (Å²) in [5.41, 5.74) is 0.980. The van der Waals surface area contributed by atoms with Gasteiger partial charge >= 0.3 is 0 Å². The third-order valence-corrected chi connectivity index (χ3v) is 4.24. The lowest BCUT2D eigenvalue weighted by molar-refractivity contribution is -0.123. The van der Waals surface area contributed by atoms with Crippen LogP contribution in [0.5, 0.6) is 0 Å². The number of amides is 1. The number of carbonyl (C=O) groups excluding carboxylic acids is 1. The van der Waals surface area contributed by atoms with Crippen molar-refractivity contribution in [3.05, 3.63) is 34.9 Å². The van der Waals surface area contributed by atoms with Crippen molar-refractivity contribution >= 4 is 17.5 Å². The summed E-state index contributed by atoms with van der Waals surface area (Å²) >= 11 is 5.84. The van der Waals surface area contributed by atoms with E-state index in [1.165, 1.54) is 0 Å². The zero-order valence-electron chi connectivity index (χ0n) is 11.1. The van der Waals surface area contributed by atoms with E-state index >= 15 is 0 Å². The molecule has 0 unspecified atom stereocenters. The average Bonchev–Trinajstić information content (AvgIpc) is 3.23. The van der Waals surface area contributed by atoms with E-state index in [4.69, 9.17) is 16.3 Å². The van der Waals surface area contributed by atoms with Crippen LogP contribution in [0.15, 0.2) is 24.3 Å². The maximum Gasteiger partial charge on any atom is 0.252 e. The number of hydrogen-bond acceptors (Lipinski definition) is 3. The number of aliphatic hydroxyl groups excluding tert-OH is 1. The summed E-state index contributed by atoms with van der Waals surface area (Å²) in [4.78, 5) is 12.1. The number of carbonyl (C=O) groups is 1. The normalized spacial score (nSPS) is 32.7. The molecule has 0 radical (unpaired) electrons. The highest BCUT2D eigenvalue weighted by atomic mass is 35.5. The van der Waals surface area contributed by atoms with Gasteiger partial charge in [0.2, 0.25) is 0 Å². The standard InChI is InChI=1S/C15H18ClNO3/c16-10-3-1-9(2-4-10)13-14(20-13)15(19)17-11-5-7-12(18)8-6-11/h1-4,11-14,18H,5-8H2,(H,17,19)/t11?,12?,13-,14-/m1/s1. The van der Waals surface area contributed by atoms with E-state index < -0.39 is 0 Å². The van der Waals surface area contributed by atoms with Crippen molar-refractivity contribution in [3.63, 3.8) is 0 Å². The predicted molar refractivity (Wildman–Crippen MR) is 75.5 cm³/mol. The van der Waals surface area contributed by atoms with Crippen molar-refractivity contribution in [1.29, 1.82) is 0 Å². The van der Waals surface area contributed by atoms with E-state index in [-0.39, 0.29) is 30.3 Å². The molecule has 2 fully saturated rings. The summed E-state index contributed by atoms with van der Waals surface area (Å²) in [7, 11) is 0. The van der Waals surface area contributed by atoms with Gasteiger partial charge in [-0.1, -0.05) is 23.7 Å². The van der Waals surface area contributed by atoms with Gasteiger partial charge in [-0.2, -0.15) is 0 Å². The molecule has 2 atom stereocenters. The van der Waals surface area contributed by atoms with Gasteiger partial charge in [0.1, 0.15) is 6.10 Å². The molecular formula is C15H18ClNO3. The van der Waals surface area contributed by atoms with Crippen LogP contribution in [0.1, 0.15) is 37.4 Å². The van der Waals surface area contributed by atoms with Crippen molar-refractivity contribution in [2.24, 2.45) is 0 Å². The van der Waals surface area contributed by atoms with E-state index in [0.29, 0.717) is 5.02 Å². The zero-order valence-corrected chi connectivity index (χ0v) is 11.8. The topological polar surface area (TPSA) is 61.9 Å². The molecule has 1 heterocycles. The molecule has 4 nitrogen and oxygen atoms in total. The van der Waals surface area contributed by atoms with Crippen molar-refractivity contribution in [2.45, 2.75) is 50.0 Å². The summed E-state index contributed by atoms with van der Waals surface area (Å²) in [6.07, 6.45) is 2.46. The van der Waals surface area contributed by atoms with Crippen LogP contribution in [-0.2, 0) is 9.53 Å². The Morgan fingerprint density at radius 3 is 2.50 bits per heavy atom. The number of aliphatic hydroxyl groups is 1. The Balaban J connectivity index is 1.51. The molecule has 3 rings (SSSR count). The molecule has 0 aromatic heterocycles. The summed E-state index contributed by atoms with van der Waals surface area (Å²) < 4.78 is 5.46. The highest BCUT2D eigenvalue weighted by Crippen LogP contribution is 2.39. The monoisotopic (exact) mass is 295 g/mol. The van der Waals surface area contributed by atoms with Crippen molar-refractivity contribution in [3.8, 4) is 0 Å².